The minimum Gasteiger partial charge on any atom is -0.260 e. The van der Waals surface area contributed by atoms with Crippen LogP contribution in [0.15, 0.2) is 71.9 Å². The molecule has 0 atom stereocenters. The van der Waals surface area contributed by atoms with Crippen molar-refractivity contribution >= 4 is 11.3 Å². The van der Waals surface area contributed by atoms with E-state index < -0.39 is 0 Å². The van der Waals surface area contributed by atoms with Gasteiger partial charge in [-0.3, -0.25) is 4.99 Å². The molecule has 1 heteroatoms. The summed E-state index contributed by atoms with van der Waals surface area (Å²) in [5.74, 6) is 0. The Labute approximate surface area is 101 Å². The van der Waals surface area contributed by atoms with Gasteiger partial charge in [0.05, 0.1) is 5.71 Å². The van der Waals surface area contributed by atoms with Crippen LogP contribution in [0.5, 0.6) is 0 Å². The lowest BCUT2D eigenvalue weighted by atomic mass is 10.00. The van der Waals surface area contributed by atoms with E-state index in [0.29, 0.717) is 0 Å². The van der Waals surface area contributed by atoms with Gasteiger partial charge in [-0.25, -0.2) is 0 Å². The predicted molar refractivity (Wildman–Crippen MR) is 72.0 cm³/mol. The molecular weight excluding hydrogens is 206 g/mol. The Morgan fingerprint density at radius 1 is 0.706 bits per heavy atom. The van der Waals surface area contributed by atoms with Gasteiger partial charge < -0.3 is 0 Å². The molecule has 0 bridgehead atoms. The molecule has 3 rings (SSSR count). The molecule has 2 aromatic carbocycles. The number of hydrogen-bond acceptors (Lipinski definition) is 1. The van der Waals surface area contributed by atoms with Gasteiger partial charge in [0.15, 0.2) is 0 Å². The fourth-order valence-electron chi connectivity index (χ4n) is 2.06. The first-order chi connectivity index (χ1) is 8.43. The zero-order chi connectivity index (χ0) is 11.5. The average molecular weight is 219 g/mol. The molecule has 17 heavy (non-hydrogen) atoms. The Kier molecular flexibility index (Phi) is 2.59. The van der Waals surface area contributed by atoms with E-state index in [4.69, 9.17) is 0 Å². The van der Waals surface area contributed by atoms with Crippen LogP contribution in [0.3, 0.4) is 0 Å². The van der Waals surface area contributed by atoms with Gasteiger partial charge in [0.25, 0.3) is 0 Å². The summed E-state index contributed by atoms with van der Waals surface area (Å²) in [5, 5.41) is 0. The van der Waals surface area contributed by atoms with Crippen LogP contribution in [0.1, 0.15) is 17.5 Å². The lowest BCUT2D eigenvalue weighted by molar-refractivity contribution is 1.47. The first-order valence-electron chi connectivity index (χ1n) is 5.80. The smallest absolute Gasteiger partial charge is 0.0520 e. The van der Waals surface area contributed by atoms with E-state index >= 15 is 0 Å². The van der Waals surface area contributed by atoms with Gasteiger partial charge in [-0.2, -0.15) is 0 Å². The van der Waals surface area contributed by atoms with E-state index in [9.17, 15) is 0 Å². The molecule has 0 radical (unpaired) electrons. The molecule has 0 aromatic heterocycles. The van der Waals surface area contributed by atoms with E-state index in [1.165, 1.54) is 16.7 Å². The van der Waals surface area contributed by atoms with Crippen LogP contribution in [0.25, 0.3) is 5.57 Å². The third-order valence-corrected chi connectivity index (χ3v) is 2.99. The first-order valence-corrected chi connectivity index (χ1v) is 5.80. The molecule has 2 aromatic rings. The number of aliphatic imine (C=N–C) groups is 1. The highest BCUT2D eigenvalue weighted by atomic mass is 14.7. The second-order valence-corrected chi connectivity index (χ2v) is 4.14. The summed E-state index contributed by atoms with van der Waals surface area (Å²) in [6.07, 6.45) is 2.91. The number of allylic oxidation sites excluding steroid dienone is 1. The van der Waals surface area contributed by atoms with Gasteiger partial charge in [0.1, 0.15) is 0 Å². The van der Waals surface area contributed by atoms with Crippen LogP contribution < -0.4 is 0 Å². The number of rotatable bonds is 2. The molecule has 1 aliphatic heterocycles. The third kappa shape index (κ3) is 2.04. The van der Waals surface area contributed by atoms with Crippen molar-refractivity contribution in [3.63, 3.8) is 0 Å². The SMILES string of the molecule is C1=C(c2ccccc2)CC(c2ccccc2)=N1. The molecule has 0 saturated heterocycles. The predicted octanol–water partition coefficient (Wildman–Crippen LogP) is 3.92. The molecule has 0 N–H and O–H groups in total. The Morgan fingerprint density at radius 3 is 1.94 bits per heavy atom. The number of hydrogen-bond donors (Lipinski definition) is 0. The topological polar surface area (TPSA) is 12.4 Å². The molecule has 0 spiro atoms. The molecule has 0 saturated carbocycles. The summed E-state index contributed by atoms with van der Waals surface area (Å²) in [6.45, 7) is 0. The van der Waals surface area contributed by atoms with Crippen LogP contribution >= 0.6 is 0 Å². The van der Waals surface area contributed by atoms with Crippen molar-refractivity contribution in [3.05, 3.63) is 78.0 Å². The van der Waals surface area contributed by atoms with E-state index in [0.717, 1.165) is 12.1 Å². The Hall–Kier alpha value is -2.15. The van der Waals surface area contributed by atoms with Gasteiger partial charge in [-0.1, -0.05) is 60.7 Å². The van der Waals surface area contributed by atoms with Crippen molar-refractivity contribution in [3.8, 4) is 0 Å². The van der Waals surface area contributed by atoms with Crippen molar-refractivity contribution < 1.29 is 0 Å². The van der Waals surface area contributed by atoms with Crippen LogP contribution in [0, 0.1) is 0 Å². The summed E-state index contributed by atoms with van der Waals surface area (Å²) in [6, 6.07) is 20.8. The summed E-state index contributed by atoms with van der Waals surface area (Å²) in [7, 11) is 0. The van der Waals surface area contributed by atoms with Crippen molar-refractivity contribution in [1.29, 1.82) is 0 Å². The molecule has 82 valence electrons. The van der Waals surface area contributed by atoms with Gasteiger partial charge >= 0.3 is 0 Å². The molecule has 0 unspecified atom stereocenters. The summed E-state index contributed by atoms with van der Waals surface area (Å²) in [5.41, 5.74) is 4.94. The number of benzene rings is 2. The Morgan fingerprint density at radius 2 is 1.29 bits per heavy atom. The molecular formula is C16H13N. The first kappa shape index (κ1) is 10.0. The molecule has 0 aliphatic carbocycles. The van der Waals surface area contributed by atoms with Gasteiger partial charge in [-0.05, 0) is 16.7 Å². The van der Waals surface area contributed by atoms with Crippen molar-refractivity contribution in [2.24, 2.45) is 4.99 Å². The maximum atomic E-state index is 4.52. The van der Waals surface area contributed by atoms with Crippen LogP contribution in [-0.2, 0) is 0 Å². The van der Waals surface area contributed by atoms with E-state index in [1.807, 2.05) is 18.3 Å². The van der Waals surface area contributed by atoms with E-state index in [-0.39, 0.29) is 0 Å². The summed E-state index contributed by atoms with van der Waals surface area (Å²) in [4.78, 5) is 4.52. The highest BCUT2D eigenvalue weighted by Gasteiger charge is 2.12. The maximum absolute atomic E-state index is 4.52. The van der Waals surface area contributed by atoms with E-state index in [2.05, 4.69) is 53.5 Å². The molecule has 0 amide bonds. The third-order valence-electron chi connectivity index (χ3n) is 2.99. The van der Waals surface area contributed by atoms with E-state index in [1.54, 1.807) is 0 Å². The average Bonchev–Trinajstić information content (AvgIpc) is 2.90. The fourth-order valence-corrected chi connectivity index (χ4v) is 2.06. The molecule has 0 fully saturated rings. The van der Waals surface area contributed by atoms with Crippen molar-refractivity contribution in [2.75, 3.05) is 0 Å². The van der Waals surface area contributed by atoms with Crippen LogP contribution in [0.4, 0.5) is 0 Å². The minimum absolute atomic E-state index is 0.925. The second kappa shape index (κ2) is 4.38. The number of nitrogens with zero attached hydrogens (tertiary/aromatic N) is 1. The Bertz CT molecular complexity index is 511. The summed E-state index contributed by atoms with van der Waals surface area (Å²) >= 11 is 0. The molecule has 1 nitrogen and oxygen atoms in total. The Balaban J connectivity index is 1.81. The van der Waals surface area contributed by atoms with Crippen molar-refractivity contribution in [1.82, 2.24) is 0 Å². The summed E-state index contributed by atoms with van der Waals surface area (Å²) < 4.78 is 0. The van der Waals surface area contributed by atoms with Gasteiger partial charge in [0.2, 0.25) is 0 Å². The zero-order valence-corrected chi connectivity index (χ0v) is 9.51. The zero-order valence-electron chi connectivity index (χ0n) is 9.51. The molecule has 1 aliphatic rings. The van der Waals surface area contributed by atoms with Gasteiger partial charge in [-0.15, -0.1) is 0 Å². The largest absolute Gasteiger partial charge is 0.260 e. The van der Waals surface area contributed by atoms with Gasteiger partial charge in [0, 0.05) is 12.6 Å². The monoisotopic (exact) mass is 219 g/mol. The lowest BCUT2D eigenvalue weighted by Gasteiger charge is -2.03. The maximum Gasteiger partial charge on any atom is 0.0520 e. The second-order valence-electron chi connectivity index (χ2n) is 4.14. The van der Waals surface area contributed by atoms with Crippen LogP contribution in [0.2, 0.25) is 0 Å². The standard InChI is InChI=1S/C16H13N/c1-3-7-13(8-4-1)15-11-16(17-12-15)14-9-5-2-6-10-14/h1-10,12H,11H2. The lowest BCUT2D eigenvalue weighted by Crippen LogP contribution is -1.97. The minimum atomic E-state index is 0.925. The molecule has 1 heterocycles. The normalized spacial score (nSPS) is 14.4. The highest BCUT2D eigenvalue weighted by molar-refractivity contribution is 6.09. The fraction of sp³-hybridized carbons (Fsp3) is 0.0625. The van der Waals surface area contributed by atoms with Crippen molar-refractivity contribution in [2.45, 2.75) is 6.42 Å². The quantitative estimate of drug-likeness (QED) is 0.726. The highest BCUT2D eigenvalue weighted by Crippen LogP contribution is 2.25. The van der Waals surface area contributed by atoms with Crippen LogP contribution in [-0.4, -0.2) is 5.71 Å².